The average molecular weight is 721 g/mol. The molecule has 3 aliphatic rings. The van der Waals surface area contributed by atoms with Gasteiger partial charge in [0.1, 0.15) is 12.2 Å². The SMILES string of the molecule is CCC1O[C@@H](OCc2ccccc2)C(C)[C@@H](C)[C@@H]1O[C@@H]1OC(CO[C@]2(C(=O)OC)C[C@@H](C)[C@@H](C)C([C@H](C)[C@@H](CC)OC(C)=O)O2)[C@H](O)[C@H](C)C1C. The minimum atomic E-state index is -1.73. The third kappa shape index (κ3) is 9.52. The first-order valence-corrected chi connectivity index (χ1v) is 19.0. The zero-order valence-electron chi connectivity index (χ0n) is 32.6. The Hall–Kier alpha value is -2.12. The van der Waals surface area contributed by atoms with Crippen LogP contribution >= 0.6 is 0 Å². The maximum atomic E-state index is 13.5. The number of carbonyl (C=O) groups excluding carboxylic acids is 2. The van der Waals surface area contributed by atoms with Crippen molar-refractivity contribution in [1.82, 2.24) is 0 Å². The molecule has 0 aliphatic carbocycles. The predicted molar refractivity (Wildman–Crippen MR) is 190 cm³/mol. The molecule has 11 nitrogen and oxygen atoms in total. The van der Waals surface area contributed by atoms with Crippen molar-refractivity contribution in [1.29, 1.82) is 0 Å². The van der Waals surface area contributed by atoms with Gasteiger partial charge in [-0.1, -0.05) is 92.6 Å². The molecular weight excluding hydrogens is 656 g/mol. The van der Waals surface area contributed by atoms with Crippen LogP contribution in [0, 0.1) is 41.4 Å². The monoisotopic (exact) mass is 720 g/mol. The van der Waals surface area contributed by atoms with Gasteiger partial charge in [-0.2, -0.15) is 0 Å². The largest absolute Gasteiger partial charge is 0.465 e. The fourth-order valence-electron chi connectivity index (χ4n) is 8.00. The van der Waals surface area contributed by atoms with Crippen LogP contribution in [0.2, 0.25) is 0 Å². The van der Waals surface area contributed by atoms with Crippen LogP contribution in [0.25, 0.3) is 0 Å². The van der Waals surface area contributed by atoms with Crippen molar-refractivity contribution in [2.24, 2.45) is 41.4 Å². The zero-order valence-corrected chi connectivity index (χ0v) is 32.6. The molecule has 0 amide bonds. The summed E-state index contributed by atoms with van der Waals surface area (Å²) in [5.74, 6) is -3.12. The molecule has 16 atom stereocenters. The Morgan fingerprint density at radius 1 is 0.922 bits per heavy atom. The lowest BCUT2D eigenvalue weighted by Gasteiger charge is -2.50. The Bertz CT molecular complexity index is 1240. The summed E-state index contributed by atoms with van der Waals surface area (Å²) in [6.07, 6.45) is -2.49. The molecule has 0 radical (unpaired) electrons. The Kier molecular flexibility index (Phi) is 14.9. The quantitative estimate of drug-likeness (QED) is 0.218. The Morgan fingerprint density at radius 2 is 1.57 bits per heavy atom. The molecule has 3 heterocycles. The van der Waals surface area contributed by atoms with Gasteiger partial charge in [-0.15, -0.1) is 0 Å². The highest BCUT2D eigenvalue weighted by Gasteiger charge is 2.55. The molecule has 5 unspecified atom stereocenters. The third-order valence-corrected chi connectivity index (χ3v) is 12.0. The summed E-state index contributed by atoms with van der Waals surface area (Å²) in [6.45, 7) is 20.1. The van der Waals surface area contributed by atoms with Crippen LogP contribution < -0.4 is 0 Å². The van der Waals surface area contributed by atoms with E-state index < -0.39 is 42.5 Å². The standard InChI is InChI=1S/C40H64O11/c1-12-31(47-29(10)41)28(9)35-23(4)22(3)19-40(51-35,39(43)44-11)46-21-33-34(42)24(5)26(7)38(49-33)50-36-25(6)27(8)37(48-32(36)13-2)45-20-30-17-15-14-16-18-30/h14-18,22-28,31-38,42H,12-13,19-21H2,1-11H3/t22-,23-,24-,25-,26?,27?,28-,31-,32?,33?,34-,35?,36+,37-,38+,40-/m1/s1. The molecule has 3 saturated heterocycles. The smallest absolute Gasteiger partial charge is 0.366 e. The van der Waals surface area contributed by atoms with Crippen molar-refractivity contribution in [3.8, 4) is 0 Å². The summed E-state index contributed by atoms with van der Waals surface area (Å²) in [5.41, 5.74) is 1.09. The first-order chi connectivity index (χ1) is 24.2. The van der Waals surface area contributed by atoms with Crippen molar-refractivity contribution < 1.29 is 52.6 Å². The summed E-state index contributed by atoms with van der Waals surface area (Å²) in [4.78, 5) is 25.4. The van der Waals surface area contributed by atoms with Gasteiger partial charge < -0.3 is 43.0 Å². The number of benzene rings is 1. The minimum Gasteiger partial charge on any atom is -0.465 e. The summed E-state index contributed by atoms with van der Waals surface area (Å²) >= 11 is 0. The van der Waals surface area contributed by atoms with E-state index in [9.17, 15) is 14.7 Å². The molecule has 1 aromatic carbocycles. The van der Waals surface area contributed by atoms with Crippen LogP contribution in [0.1, 0.15) is 94.1 Å². The van der Waals surface area contributed by atoms with Gasteiger partial charge in [-0.3, -0.25) is 4.79 Å². The summed E-state index contributed by atoms with van der Waals surface area (Å²) in [6, 6.07) is 10.1. The van der Waals surface area contributed by atoms with Crippen molar-refractivity contribution in [2.75, 3.05) is 13.7 Å². The van der Waals surface area contributed by atoms with E-state index in [-0.39, 0.29) is 78.9 Å². The Morgan fingerprint density at radius 3 is 2.18 bits per heavy atom. The van der Waals surface area contributed by atoms with Gasteiger partial charge in [0.05, 0.1) is 44.7 Å². The fraction of sp³-hybridized carbons (Fsp3) is 0.800. The molecule has 0 spiro atoms. The second-order valence-electron chi connectivity index (χ2n) is 15.4. The molecule has 290 valence electrons. The van der Waals surface area contributed by atoms with E-state index >= 15 is 0 Å². The van der Waals surface area contributed by atoms with Crippen molar-refractivity contribution in [2.45, 2.75) is 150 Å². The number of carbonyl (C=O) groups is 2. The predicted octanol–water partition coefficient (Wildman–Crippen LogP) is 6.28. The number of esters is 2. The normalized spacial score (nSPS) is 39.9. The number of hydrogen-bond donors (Lipinski definition) is 1. The molecule has 0 bridgehead atoms. The second-order valence-corrected chi connectivity index (χ2v) is 15.4. The van der Waals surface area contributed by atoms with E-state index in [1.807, 2.05) is 58.0 Å². The second kappa shape index (κ2) is 18.3. The number of methoxy groups -OCH3 is 1. The first kappa shape index (κ1) is 41.6. The lowest BCUT2D eigenvalue weighted by molar-refractivity contribution is -0.346. The van der Waals surface area contributed by atoms with Gasteiger partial charge in [0.25, 0.3) is 5.79 Å². The summed E-state index contributed by atoms with van der Waals surface area (Å²) in [7, 11) is 1.31. The Balaban J connectivity index is 1.48. The molecule has 3 fully saturated rings. The molecule has 51 heavy (non-hydrogen) atoms. The molecular formula is C40H64O11. The fourth-order valence-corrected chi connectivity index (χ4v) is 8.00. The van der Waals surface area contributed by atoms with E-state index in [4.69, 9.17) is 37.9 Å². The van der Waals surface area contributed by atoms with Crippen molar-refractivity contribution in [3.63, 3.8) is 0 Å². The number of aliphatic hydroxyl groups excluding tert-OH is 1. The number of hydrogen-bond acceptors (Lipinski definition) is 11. The summed E-state index contributed by atoms with van der Waals surface area (Å²) in [5, 5.41) is 11.4. The van der Waals surface area contributed by atoms with Crippen molar-refractivity contribution >= 4 is 11.9 Å². The third-order valence-electron chi connectivity index (χ3n) is 12.0. The lowest BCUT2D eigenvalue weighted by Crippen LogP contribution is -2.60. The van der Waals surface area contributed by atoms with Gasteiger partial charge >= 0.3 is 11.9 Å². The van der Waals surface area contributed by atoms with Crippen LogP contribution in [0.15, 0.2) is 30.3 Å². The van der Waals surface area contributed by atoms with Gasteiger partial charge in [0, 0.05) is 31.1 Å². The van der Waals surface area contributed by atoms with Crippen LogP contribution in [0.3, 0.4) is 0 Å². The van der Waals surface area contributed by atoms with Crippen LogP contribution in [0.5, 0.6) is 0 Å². The maximum Gasteiger partial charge on any atom is 0.366 e. The van der Waals surface area contributed by atoms with Crippen LogP contribution in [0.4, 0.5) is 0 Å². The maximum absolute atomic E-state index is 13.5. The molecule has 11 heteroatoms. The van der Waals surface area contributed by atoms with Gasteiger partial charge in [-0.05, 0) is 42.1 Å². The molecule has 0 saturated carbocycles. The topological polar surface area (TPSA) is 128 Å². The minimum absolute atomic E-state index is 0.00798. The highest BCUT2D eigenvalue weighted by atomic mass is 16.8. The number of aliphatic hydroxyl groups is 1. The van der Waals surface area contributed by atoms with E-state index in [2.05, 4.69) is 34.6 Å². The number of ether oxygens (including phenoxy) is 8. The van der Waals surface area contributed by atoms with E-state index in [1.165, 1.54) is 14.0 Å². The molecule has 4 rings (SSSR count). The first-order valence-electron chi connectivity index (χ1n) is 19.0. The molecule has 0 aromatic heterocycles. The molecule has 1 aromatic rings. The van der Waals surface area contributed by atoms with Gasteiger partial charge in [-0.25, -0.2) is 4.79 Å². The van der Waals surface area contributed by atoms with Crippen LogP contribution in [-0.4, -0.2) is 85.8 Å². The van der Waals surface area contributed by atoms with Gasteiger partial charge in [0.15, 0.2) is 12.6 Å². The van der Waals surface area contributed by atoms with E-state index in [0.717, 1.165) is 12.0 Å². The van der Waals surface area contributed by atoms with E-state index in [0.29, 0.717) is 13.0 Å². The lowest BCUT2D eigenvalue weighted by atomic mass is 9.76. The van der Waals surface area contributed by atoms with Crippen LogP contribution in [-0.2, 0) is 54.1 Å². The van der Waals surface area contributed by atoms with E-state index in [1.54, 1.807) is 0 Å². The zero-order chi connectivity index (χ0) is 37.6. The average Bonchev–Trinajstić information content (AvgIpc) is 3.12. The van der Waals surface area contributed by atoms with Gasteiger partial charge in [0.2, 0.25) is 0 Å². The highest BCUT2D eigenvalue weighted by molar-refractivity contribution is 5.78. The van der Waals surface area contributed by atoms with Crippen molar-refractivity contribution in [3.05, 3.63) is 35.9 Å². The summed E-state index contributed by atoms with van der Waals surface area (Å²) < 4.78 is 50.0. The highest BCUT2D eigenvalue weighted by Crippen LogP contribution is 2.44. The Labute approximate surface area is 305 Å². The number of rotatable bonds is 14. The molecule has 3 aliphatic heterocycles. The molecule has 1 N–H and O–H groups in total.